The first-order valence-electron chi connectivity index (χ1n) is 13.8. The number of rotatable bonds is 10. The number of nitrogens with zero attached hydrogens (tertiary/aromatic N) is 1. The SMILES string of the molecule is C=CC1C[C@H](OC(=O)C2(c3ccccc3)CCCCCC2)C1CCNCc1cc(-c2ccccc2)on1. The Morgan fingerprint density at radius 1 is 1.05 bits per heavy atom. The van der Waals surface area contributed by atoms with Gasteiger partial charge in [-0.1, -0.05) is 97.6 Å². The molecule has 3 aromatic rings. The maximum Gasteiger partial charge on any atom is 0.316 e. The van der Waals surface area contributed by atoms with E-state index in [9.17, 15) is 4.79 Å². The monoisotopic (exact) mass is 498 g/mol. The van der Waals surface area contributed by atoms with Crippen molar-refractivity contribution < 1.29 is 14.1 Å². The molecule has 5 rings (SSSR count). The lowest BCUT2D eigenvalue weighted by Gasteiger charge is -2.44. The highest BCUT2D eigenvalue weighted by molar-refractivity contribution is 5.83. The minimum absolute atomic E-state index is 0.0258. The molecule has 1 N–H and O–H groups in total. The van der Waals surface area contributed by atoms with Gasteiger partial charge >= 0.3 is 5.97 Å². The van der Waals surface area contributed by atoms with Crippen LogP contribution in [0.2, 0.25) is 0 Å². The van der Waals surface area contributed by atoms with Gasteiger partial charge in [0.05, 0.1) is 11.1 Å². The average molecular weight is 499 g/mol. The molecular formula is C32H38N2O3. The lowest BCUT2D eigenvalue weighted by Crippen LogP contribution is -2.48. The predicted molar refractivity (Wildman–Crippen MR) is 146 cm³/mol. The third-order valence-corrected chi connectivity index (χ3v) is 8.35. The van der Waals surface area contributed by atoms with Crippen molar-refractivity contribution in [1.82, 2.24) is 10.5 Å². The van der Waals surface area contributed by atoms with E-state index < -0.39 is 5.41 Å². The van der Waals surface area contributed by atoms with Crippen LogP contribution in [0.1, 0.15) is 62.6 Å². The normalized spacial score (nSPS) is 23.0. The van der Waals surface area contributed by atoms with E-state index in [1.165, 1.54) is 12.8 Å². The van der Waals surface area contributed by atoms with Crippen molar-refractivity contribution in [3.8, 4) is 11.3 Å². The summed E-state index contributed by atoms with van der Waals surface area (Å²) in [6.45, 7) is 5.50. The van der Waals surface area contributed by atoms with Crippen LogP contribution in [0, 0.1) is 11.8 Å². The third-order valence-electron chi connectivity index (χ3n) is 8.35. The average Bonchev–Trinajstić information content (AvgIpc) is 3.26. The van der Waals surface area contributed by atoms with Gasteiger partial charge in [-0.25, -0.2) is 0 Å². The molecule has 0 bridgehead atoms. The fraction of sp³-hybridized carbons (Fsp3) is 0.438. The number of hydrogen-bond donors (Lipinski definition) is 1. The summed E-state index contributed by atoms with van der Waals surface area (Å²) in [4.78, 5) is 13.8. The summed E-state index contributed by atoms with van der Waals surface area (Å²) >= 11 is 0. The Morgan fingerprint density at radius 3 is 2.46 bits per heavy atom. The Morgan fingerprint density at radius 2 is 1.76 bits per heavy atom. The Labute approximate surface area is 220 Å². The van der Waals surface area contributed by atoms with Crippen LogP contribution in [0.5, 0.6) is 0 Å². The first kappa shape index (κ1) is 25.5. The van der Waals surface area contributed by atoms with Crippen LogP contribution in [-0.4, -0.2) is 23.8 Å². The van der Waals surface area contributed by atoms with Crippen molar-refractivity contribution in [1.29, 1.82) is 0 Å². The molecular weight excluding hydrogens is 460 g/mol. The van der Waals surface area contributed by atoms with Crippen molar-refractivity contribution in [2.45, 2.75) is 69.4 Å². The molecule has 0 radical (unpaired) electrons. The van der Waals surface area contributed by atoms with Gasteiger partial charge in [-0.2, -0.15) is 0 Å². The second-order valence-electron chi connectivity index (χ2n) is 10.6. The predicted octanol–water partition coefficient (Wildman–Crippen LogP) is 6.85. The number of benzene rings is 2. The molecule has 2 aliphatic rings. The number of esters is 1. The number of aromatic nitrogens is 1. The molecule has 5 nitrogen and oxygen atoms in total. The summed E-state index contributed by atoms with van der Waals surface area (Å²) in [6, 6.07) is 22.3. The quantitative estimate of drug-likeness (QED) is 0.143. The van der Waals surface area contributed by atoms with Gasteiger partial charge in [0.2, 0.25) is 0 Å². The fourth-order valence-corrected chi connectivity index (χ4v) is 6.07. The van der Waals surface area contributed by atoms with Crippen LogP contribution in [0.25, 0.3) is 11.3 Å². The summed E-state index contributed by atoms with van der Waals surface area (Å²) < 4.78 is 11.8. The van der Waals surface area contributed by atoms with Gasteiger partial charge < -0.3 is 14.6 Å². The molecule has 37 heavy (non-hydrogen) atoms. The zero-order valence-corrected chi connectivity index (χ0v) is 21.6. The first-order chi connectivity index (χ1) is 18.2. The number of allylic oxidation sites excluding steroid dienone is 1. The summed E-state index contributed by atoms with van der Waals surface area (Å²) in [5.41, 5.74) is 2.51. The number of carbonyl (C=O) groups excluding carboxylic acids is 1. The number of carbonyl (C=O) groups is 1. The van der Waals surface area contributed by atoms with Crippen molar-refractivity contribution in [3.05, 3.63) is 90.6 Å². The molecule has 3 atom stereocenters. The van der Waals surface area contributed by atoms with Gasteiger partial charge in [-0.3, -0.25) is 4.79 Å². The molecule has 1 aromatic heterocycles. The first-order valence-corrected chi connectivity index (χ1v) is 13.8. The maximum atomic E-state index is 13.8. The molecule has 2 fully saturated rings. The molecule has 0 spiro atoms. The van der Waals surface area contributed by atoms with Gasteiger partial charge in [-0.15, -0.1) is 6.58 Å². The lowest BCUT2D eigenvalue weighted by molar-refractivity contribution is -0.169. The van der Waals surface area contributed by atoms with E-state index in [4.69, 9.17) is 9.26 Å². The molecule has 2 saturated carbocycles. The number of hydrogen-bond acceptors (Lipinski definition) is 5. The second-order valence-corrected chi connectivity index (χ2v) is 10.6. The van der Waals surface area contributed by atoms with Crippen LogP contribution in [0.15, 0.2) is 83.9 Å². The Kier molecular flexibility index (Phi) is 8.20. The highest BCUT2D eigenvalue weighted by atomic mass is 16.5. The number of nitrogens with one attached hydrogen (secondary N) is 1. The van der Waals surface area contributed by atoms with Gasteiger partial charge in [-0.05, 0) is 43.7 Å². The molecule has 0 aliphatic heterocycles. The molecule has 1 heterocycles. The Balaban J connectivity index is 1.17. The van der Waals surface area contributed by atoms with E-state index in [0.717, 1.165) is 67.7 Å². The molecule has 0 amide bonds. The second kappa shape index (κ2) is 11.9. The molecule has 2 unspecified atom stereocenters. The van der Waals surface area contributed by atoms with E-state index >= 15 is 0 Å². The molecule has 5 heteroatoms. The maximum absolute atomic E-state index is 13.8. The van der Waals surface area contributed by atoms with Crippen molar-refractivity contribution in [2.75, 3.05) is 6.54 Å². The van der Waals surface area contributed by atoms with Crippen molar-refractivity contribution in [2.24, 2.45) is 11.8 Å². The van der Waals surface area contributed by atoms with Crippen LogP contribution >= 0.6 is 0 Å². The van der Waals surface area contributed by atoms with Crippen LogP contribution in [0.4, 0.5) is 0 Å². The van der Waals surface area contributed by atoms with Gasteiger partial charge in [0.25, 0.3) is 0 Å². The lowest BCUT2D eigenvalue weighted by atomic mass is 9.68. The Hall–Kier alpha value is -3.18. The highest BCUT2D eigenvalue weighted by Gasteiger charge is 2.47. The van der Waals surface area contributed by atoms with Crippen molar-refractivity contribution in [3.63, 3.8) is 0 Å². The topological polar surface area (TPSA) is 64.4 Å². The van der Waals surface area contributed by atoms with E-state index in [1.54, 1.807) is 0 Å². The largest absolute Gasteiger partial charge is 0.461 e. The summed E-state index contributed by atoms with van der Waals surface area (Å²) in [5.74, 6) is 1.44. The van der Waals surface area contributed by atoms with Crippen molar-refractivity contribution >= 4 is 5.97 Å². The molecule has 0 saturated heterocycles. The van der Waals surface area contributed by atoms with E-state index in [2.05, 4.69) is 29.2 Å². The Bertz CT molecular complexity index is 1150. The summed E-state index contributed by atoms with van der Waals surface area (Å²) in [6.07, 6.45) is 10.1. The van der Waals surface area contributed by atoms with Crippen LogP contribution < -0.4 is 5.32 Å². The third kappa shape index (κ3) is 5.72. The summed E-state index contributed by atoms with van der Waals surface area (Å²) in [5, 5.41) is 7.69. The highest BCUT2D eigenvalue weighted by Crippen LogP contribution is 2.44. The van der Waals surface area contributed by atoms with E-state index in [1.807, 2.05) is 60.7 Å². The van der Waals surface area contributed by atoms with Gasteiger partial charge in [0.1, 0.15) is 6.10 Å². The molecule has 194 valence electrons. The van der Waals surface area contributed by atoms with Crippen LogP contribution in [0.3, 0.4) is 0 Å². The van der Waals surface area contributed by atoms with Crippen LogP contribution in [-0.2, 0) is 21.5 Å². The van der Waals surface area contributed by atoms with E-state index in [-0.39, 0.29) is 12.1 Å². The minimum Gasteiger partial charge on any atom is -0.461 e. The minimum atomic E-state index is -0.511. The zero-order valence-electron chi connectivity index (χ0n) is 21.6. The van der Waals surface area contributed by atoms with E-state index in [0.29, 0.717) is 18.4 Å². The zero-order chi connectivity index (χ0) is 25.5. The molecule has 2 aliphatic carbocycles. The smallest absolute Gasteiger partial charge is 0.316 e. The van der Waals surface area contributed by atoms with Gasteiger partial charge in [0, 0.05) is 24.1 Å². The van der Waals surface area contributed by atoms with Gasteiger partial charge in [0.15, 0.2) is 5.76 Å². The standard InChI is InChI=1S/C32H38N2O3/c1-2-24-21-30(36-31(35)32(18-11-3-4-12-19-32)26-15-9-6-10-16-26)28(24)17-20-33-23-27-22-29(37-34-27)25-13-7-5-8-14-25/h2,5-10,13-16,22,24,28,30,33H,1,3-4,11-12,17-21,23H2/t24?,28?,30-/m0/s1. The molecule has 2 aromatic carbocycles. The fourth-order valence-electron chi connectivity index (χ4n) is 6.07. The summed E-state index contributed by atoms with van der Waals surface area (Å²) in [7, 11) is 0. The number of ether oxygens (including phenoxy) is 1.